The molecule has 3 aromatic heterocycles. The molecule has 0 spiro atoms. The summed E-state index contributed by atoms with van der Waals surface area (Å²) >= 11 is 0. The van der Waals surface area contributed by atoms with Crippen LogP contribution in [0.25, 0.3) is 16.9 Å². The van der Waals surface area contributed by atoms with Crippen molar-refractivity contribution >= 4 is 11.6 Å². The summed E-state index contributed by atoms with van der Waals surface area (Å²) in [6.45, 7) is 7.70. The van der Waals surface area contributed by atoms with E-state index in [2.05, 4.69) is 44.3 Å². The Labute approximate surface area is 183 Å². The standard InChI is InChI=1S/C21H26F3N7O/c1-12(2)30-6-4-15(5-7-30)27-20(32)18-16(9-21(22,23)24)17(28-29-18)14-8-13(3)19-25-11-26-31(19)10-14/h8,10-12,15H,4-7,9H2,1-3H3,(H,27,32)(H,28,29). The fourth-order valence-electron chi connectivity index (χ4n) is 4.21. The van der Waals surface area contributed by atoms with Crippen LogP contribution in [0, 0.1) is 6.92 Å². The maximum atomic E-state index is 13.4. The van der Waals surface area contributed by atoms with Gasteiger partial charge in [-0.05, 0) is 45.2 Å². The molecule has 0 aliphatic carbocycles. The van der Waals surface area contributed by atoms with Gasteiger partial charge in [0.15, 0.2) is 5.65 Å². The molecule has 172 valence electrons. The highest BCUT2D eigenvalue weighted by Gasteiger charge is 2.34. The van der Waals surface area contributed by atoms with E-state index in [0.717, 1.165) is 31.5 Å². The zero-order chi connectivity index (χ0) is 23.0. The number of aryl methyl sites for hydroxylation is 1. The van der Waals surface area contributed by atoms with Gasteiger partial charge in [-0.15, -0.1) is 0 Å². The number of carbonyl (C=O) groups excluding carboxylic acids is 1. The van der Waals surface area contributed by atoms with Gasteiger partial charge in [0, 0.05) is 42.5 Å². The van der Waals surface area contributed by atoms with E-state index in [1.54, 1.807) is 19.2 Å². The third-order valence-corrected chi connectivity index (χ3v) is 5.90. The monoisotopic (exact) mass is 449 g/mol. The molecule has 0 atom stereocenters. The van der Waals surface area contributed by atoms with Crippen LogP contribution in [0.3, 0.4) is 0 Å². The van der Waals surface area contributed by atoms with Crippen molar-refractivity contribution in [2.75, 3.05) is 13.1 Å². The number of likely N-dealkylation sites (tertiary alicyclic amines) is 1. The summed E-state index contributed by atoms with van der Waals surface area (Å²) in [6, 6.07) is 2.03. The van der Waals surface area contributed by atoms with E-state index in [1.807, 2.05) is 0 Å². The number of H-pyrrole nitrogens is 1. The van der Waals surface area contributed by atoms with Crippen molar-refractivity contribution in [1.29, 1.82) is 0 Å². The summed E-state index contributed by atoms with van der Waals surface area (Å²) in [7, 11) is 0. The van der Waals surface area contributed by atoms with Crippen LogP contribution in [0.5, 0.6) is 0 Å². The third kappa shape index (κ3) is 4.62. The Morgan fingerprint density at radius 2 is 2.03 bits per heavy atom. The van der Waals surface area contributed by atoms with Crippen LogP contribution in [-0.2, 0) is 6.42 Å². The molecule has 32 heavy (non-hydrogen) atoms. The number of aromatic nitrogens is 5. The first-order chi connectivity index (χ1) is 15.1. The van der Waals surface area contributed by atoms with Gasteiger partial charge in [0.25, 0.3) is 5.91 Å². The van der Waals surface area contributed by atoms with E-state index >= 15 is 0 Å². The fraction of sp³-hybridized carbons (Fsp3) is 0.524. The predicted molar refractivity (Wildman–Crippen MR) is 112 cm³/mol. The molecule has 1 saturated heterocycles. The van der Waals surface area contributed by atoms with Crippen molar-refractivity contribution in [2.24, 2.45) is 0 Å². The Morgan fingerprint density at radius 1 is 1.31 bits per heavy atom. The van der Waals surface area contributed by atoms with Crippen molar-refractivity contribution in [3.8, 4) is 11.3 Å². The quantitative estimate of drug-likeness (QED) is 0.625. The molecule has 1 amide bonds. The largest absolute Gasteiger partial charge is 0.393 e. The first-order valence-electron chi connectivity index (χ1n) is 10.6. The minimum absolute atomic E-state index is 0.0857. The average molecular weight is 449 g/mol. The Bertz CT molecular complexity index is 1110. The van der Waals surface area contributed by atoms with Gasteiger partial charge in [0.05, 0.1) is 12.1 Å². The molecule has 1 aliphatic rings. The van der Waals surface area contributed by atoms with Crippen molar-refractivity contribution in [2.45, 2.75) is 58.3 Å². The van der Waals surface area contributed by atoms with Gasteiger partial charge >= 0.3 is 6.18 Å². The Hall–Kier alpha value is -2.95. The lowest BCUT2D eigenvalue weighted by Gasteiger charge is -2.34. The van der Waals surface area contributed by atoms with Crippen molar-refractivity contribution in [3.05, 3.63) is 35.4 Å². The SMILES string of the molecule is Cc1cc(-c2n[nH]c(C(=O)NC3CCN(C(C)C)CC3)c2CC(F)(F)F)cn2ncnc12. The van der Waals surface area contributed by atoms with Gasteiger partial charge in [0.2, 0.25) is 0 Å². The van der Waals surface area contributed by atoms with E-state index < -0.39 is 18.5 Å². The fourth-order valence-corrected chi connectivity index (χ4v) is 4.21. The number of alkyl halides is 3. The number of amides is 1. The molecule has 0 bridgehead atoms. The number of hydrogen-bond donors (Lipinski definition) is 2. The number of rotatable bonds is 5. The minimum atomic E-state index is -4.50. The minimum Gasteiger partial charge on any atom is -0.348 e. The van der Waals surface area contributed by atoms with E-state index in [0.29, 0.717) is 17.3 Å². The predicted octanol–water partition coefficient (Wildman–Crippen LogP) is 3.14. The first kappa shape index (κ1) is 22.3. The number of aromatic amines is 1. The second-order valence-corrected chi connectivity index (χ2v) is 8.54. The molecule has 0 unspecified atom stereocenters. The number of carbonyl (C=O) groups is 1. The molecule has 8 nitrogen and oxygen atoms in total. The Balaban J connectivity index is 1.62. The summed E-state index contributed by atoms with van der Waals surface area (Å²) in [6.07, 6.45) is -1.32. The number of halogens is 3. The van der Waals surface area contributed by atoms with Gasteiger partial charge in [0.1, 0.15) is 12.0 Å². The second-order valence-electron chi connectivity index (χ2n) is 8.54. The van der Waals surface area contributed by atoms with Crippen LogP contribution in [-0.4, -0.2) is 67.0 Å². The molecular formula is C21H26F3N7O. The van der Waals surface area contributed by atoms with Crippen LogP contribution in [0.4, 0.5) is 13.2 Å². The summed E-state index contributed by atoms with van der Waals surface area (Å²) in [4.78, 5) is 19.4. The Kier molecular flexibility index (Phi) is 5.93. The highest BCUT2D eigenvalue weighted by Crippen LogP contribution is 2.31. The summed E-state index contributed by atoms with van der Waals surface area (Å²) in [5, 5.41) is 13.6. The van der Waals surface area contributed by atoms with Crippen molar-refractivity contribution < 1.29 is 18.0 Å². The van der Waals surface area contributed by atoms with E-state index in [1.165, 1.54) is 10.8 Å². The molecule has 1 fully saturated rings. The van der Waals surface area contributed by atoms with Crippen LogP contribution >= 0.6 is 0 Å². The first-order valence-corrected chi connectivity index (χ1v) is 10.6. The smallest absolute Gasteiger partial charge is 0.348 e. The topological polar surface area (TPSA) is 91.2 Å². The number of nitrogens with one attached hydrogen (secondary N) is 2. The summed E-state index contributed by atoms with van der Waals surface area (Å²) in [5.41, 5.74) is 1.53. The molecule has 3 aromatic rings. The molecular weight excluding hydrogens is 423 g/mol. The lowest BCUT2D eigenvalue weighted by Crippen LogP contribution is -2.46. The number of nitrogens with zero attached hydrogens (tertiary/aromatic N) is 5. The third-order valence-electron chi connectivity index (χ3n) is 5.90. The highest BCUT2D eigenvalue weighted by molar-refractivity contribution is 5.95. The van der Waals surface area contributed by atoms with Crippen LogP contribution in [0.1, 0.15) is 48.3 Å². The van der Waals surface area contributed by atoms with E-state index in [4.69, 9.17) is 0 Å². The zero-order valence-corrected chi connectivity index (χ0v) is 18.2. The molecule has 2 N–H and O–H groups in total. The maximum Gasteiger partial charge on any atom is 0.393 e. The van der Waals surface area contributed by atoms with E-state index in [-0.39, 0.29) is 23.0 Å². The second kappa shape index (κ2) is 8.53. The number of hydrogen-bond acceptors (Lipinski definition) is 5. The highest BCUT2D eigenvalue weighted by atomic mass is 19.4. The Morgan fingerprint density at radius 3 is 2.69 bits per heavy atom. The maximum absolute atomic E-state index is 13.4. The average Bonchev–Trinajstić information content (AvgIpc) is 3.34. The van der Waals surface area contributed by atoms with Crippen molar-refractivity contribution in [1.82, 2.24) is 35.0 Å². The van der Waals surface area contributed by atoms with Gasteiger partial charge in [-0.3, -0.25) is 9.89 Å². The number of pyridine rings is 1. The van der Waals surface area contributed by atoms with Gasteiger partial charge in [-0.2, -0.15) is 23.4 Å². The molecule has 0 aromatic carbocycles. The molecule has 1 aliphatic heterocycles. The van der Waals surface area contributed by atoms with Crippen molar-refractivity contribution in [3.63, 3.8) is 0 Å². The van der Waals surface area contributed by atoms with Gasteiger partial charge in [-0.1, -0.05) is 0 Å². The molecule has 11 heteroatoms. The molecule has 4 rings (SSSR count). The summed E-state index contributed by atoms with van der Waals surface area (Å²) in [5.74, 6) is -0.565. The molecule has 0 saturated carbocycles. The zero-order valence-electron chi connectivity index (χ0n) is 18.2. The van der Waals surface area contributed by atoms with Crippen LogP contribution in [0.15, 0.2) is 18.6 Å². The number of piperidine rings is 1. The lowest BCUT2D eigenvalue weighted by atomic mass is 10.0. The number of fused-ring (bicyclic) bond motifs is 1. The van der Waals surface area contributed by atoms with Crippen LogP contribution < -0.4 is 5.32 Å². The lowest BCUT2D eigenvalue weighted by molar-refractivity contribution is -0.127. The van der Waals surface area contributed by atoms with E-state index in [9.17, 15) is 18.0 Å². The summed E-state index contributed by atoms with van der Waals surface area (Å²) < 4.78 is 41.7. The van der Waals surface area contributed by atoms with Gasteiger partial charge in [-0.25, -0.2) is 9.50 Å². The molecule has 0 radical (unpaired) electrons. The molecule has 4 heterocycles. The normalized spacial score (nSPS) is 16.2. The van der Waals surface area contributed by atoms with Crippen LogP contribution in [0.2, 0.25) is 0 Å². The van der Waals surface area contributed by atoms with Gasteiger partial charge < -0.3 is 10.2 Å².